The highest BCUT2D eigenvalue weighted by Gasteiger charge is 2.19. The monoisotopic (exact) mass is 380 g/mol. The molecule has 7 heteroatoms. The van der Waals surface area contributed by atoms with Gasteiger partial charge in [-0.15, -0.1) is 0 Å². The van der Waals surface area contributed by atoms with E-state index in [0.29, 0.717) is 33.9 Å². The maximum atomic E-state index is 13.1. The first-order chi connectivity index (χ1) is 13.5. The second-order valence-corrected chi connectivity index (χ2v) is 6.09. The van der Waals surface area contributed by atoms with Crippen LogP contribution >= 0.6 is 0 Å². The Morgan fingerprint density at radius 2 is 1.89 bits per heavy atom. The number of nitriles is 1. The third kappa shape index (κ3) is 4.35. The number of hydrogen-bond acceptors (Lipinski definition) is 6. The van der Waals surface area contributed by atoms with Crippen molar-refractivity contribution in [1.29, 1.82) is 5.26 Å². The van der Waals surface area contributed by atoms with Crippen LogP contribution in [-0.2, 0) is 16.1 Å². The van der Waals surface area contributed by atoms with E-state index in [4.69, 9.17) is 19.3 Å². The Morgan fingerprint density at radius 1 is 1.21 bits per heavy atom. The van der Waals surface area contributed by atoms with E-state index in [2.05, 4.69) is 5.16 Å². The second kappa shape index (κ2) is 8.35. The number of nitrogens with zero attached hydrogens (tertiary/aromatic N) is 2. The molecule has 0 aliphatic heterocycles. The van der Waals surface area contributed by atoms with Crippen molar-refractivity contribution in [2.24, 2.45) is 0 Å². The van der Waals surface area contributed by atoms with Crippen molar-refractivity contribution in [2.45, 2.75) is 26.6 Å². The SMILES string of the molecule is Cc1c(COC(=O)[C@@H](C)Oc2ccc(C#N)cc2)noc1-c1ccc(F)cc1. The van der Waals surface area contributed by atoms with Gasteiger partial charge in [-0.05, 0) is 62.4 Å². The Morgan fingerprint density at radius 3 is 2.54 bits per heavy atom. The molecule has 0 saturated carbocycles. The molecule has 0 radical (unpaired) electrons. The largest absolute Gasteiger partial charge is 0.479 e. The van der Waals surface area contributed by atoms with Gasteiger partial charge in [-0.25, -0.2) is 9.18 Å². The van der Waals surface area contributed by atoms with E-state index in [9.17, 15) is 9.18 Å². The van der Waals surface area contributed by atoms with Crippen LogP contribution in [0.2, 0.25) is 0 Å². The number of hydrogen-bond donors (Lipinski definition) is 0. The van der Waals surface area contributed by atoms with Crippen LogP contribution in [-0.4, -0.2) is 17.2 Å². The number of carbonyl (C=O) groups is 1. The lowest BCUT2D eigenvalue weighted by atomic mass is 10.1. The molecular weight excluding hydrogens is 363 g/mol. The van der Waals surface area contributed by atoms with E-state index < -0.39 is 12.1 Å². The molecule has 0 aliphatic carbocycles. The van der Waals surface area contributed by atoms with Crippen LogP contribution in [0.25, 0.3) is 11.3 Å². The van der Waals surface area contributed by atoms with Crippen LogP contribution in [0.5, 0.6) is 5.75 Å². The summed E-state index contributed by atoms with van der Waals surface area (Å²) >= 11 is 0. The molecule has 2 aromatic carbocycles. The summed E-state index contributed by atoms with van der Waals surface area (Å²) in [7, 11) is 0. The van der Waals surface area contributed by atoms with Crippen LogP contribution in [0.4, 0.5) is 4.39 Å². The van der Waals surface area contributed by atoms with Crippen LogP contribution < -0.4 is 4.74 Å². The highest BCUT2D eigenvalue weighted by molar-refractivity contribution is 5.74. The van der Waals surface area contributed by atoms with Gasteiger partial charge in [0.2, 0.25) is 0 Å². The molecule has 1 aromatic heterocycles. The lowest BCUT2D eigenvalue weighted by Gasteiger charge is -2.13. The zero-order valence-corrected chi connectivity index (χ0v) is 15.3. The Hall–Kier alpha value is -3.66. The minimum atomic E-state index is -0.836. The number of esters is 1. The van der Waals surface area contributed by atoms with Crippen molar-refractivity contribution in [3.8, 4) is 23.1 Å². The maximum absolute atomic E-state index is 13.1. The first kappa shape index (κ1) is 19.1. The van der Waals surface area contributed by atoms with Crippen molar-refractivity contribution >= 4 is 5.97 Å². The second-order valence-electron chi connectivity index (χ2n) is 6.09. The van der Waals surface area contributed by atoms with Gasteiger partial charge in [0, 0.05) is 11.1 Å². The third-order valence-corrected chi connectivity index (χ3v) is 4.11. The summed E-state index contributed by atoms with van der Waals surface area (Å²) in [6.45, 7) is 3.28. The molecule has 1 atom stereocenters. The summed E-state index contributed by atoms with van der Waals surface area (Å²) in [4.78, 5) is 12.2. The quantitative estimate of drug-likeness (QED) is 0.597. The van der Waals surface area contributed by atoms with E-state index in [-0.39, 0.29) is 12.4 Å². The molecule has 0 fully saturated rings. The van der Waals surface area contributed by atoms with Gasteiger partial charge in [0.05, 0.1) is 11.6 Å². The molecule has 1 heterocycles. The molecule has 6 nitrogen and oxygen atoms in total. The Balaban J connectivity index is 1.59. The zero-order valence-electron chi connectivity index (χ0n) is 15.3. The highest BCUT2D eigenvalue weighted by Crippen LogP contribution is 2.26. The van der Waals surface area contributed by atoms with Crippen LogP contribution in [0.1, 0.15) is 23.7 Å². The summed E-state index contributed by atoms with van der Waals surface area (Å²) in [5, 5.41) is 12.7. The van der Waals surface area contributed by atoms with Gasteiger partial charge in [0.15, 0.2) is 11.9 Å². The maximum Gasteiger partial charge on any atom is 0.347 e. The Labute approximate surface area is 161 Å². The minimum Gasteiger partial charge on any atom is -0.479 e. The molecule has 3 rings (SSSR count). The number of ether oxygens (including phenoxy) is 2. The Bertz CT molecular complexity index is 1000. The first-order valence-electron chi connectivity index (χ1n) is 8.52. The lowest BCUT2D eigenvalue weighted by Crippen LogP contribution is -2.26. The van der Waals surface area contributed by atoms with E-state index >= 15 is 0 Å². The molecule has 28 heavy (non-hydrogen) atoms. The fraction of sp³-hybridized carbons (Fsp3) is 0.190. The fourth-order valence-electron chi connectivity index (χ4n) is 2.49. The van der Waals surface area contributed by atoms with Crippen LogP contribution in [0.3, 0.4) is 0 Å². The van der Waals surface area contributed by atoms with Crippen molar-refractivity contribution in [1.82, 2.24) is 5.16 Å². The normalized spacial score (nSPS) is 11.5. The number of benzene rings is 2. The summed E-state index contributed by atoms with van der Waals surface area (Å²) in [6, 6.07) is 14.3. The van der Waals surface area contributed by atoms with E-state index in [1.165, 1.54) is 12.1 Å². The molecule has 0 saturated heterocycles. The molecule has 0 spiro atoms. The van der Waals surface area contributed by atoms with E-state index in [1.807, 2.05) is 6.07 Å². The number of aromatic nitrogens is 1. The fourth-order valence-corrected chi connectivity index (χ4v) is 2.49. The predicted octanol–water partition coefficient (Wildman–Crippen LogP) is 4.17. The highest BCUT2D eigenvalue weighted by atomic mass is 19.1. The summed E-state index contributed by atoms with van der Waals surface area (Å²) in [5.41, 5.74) is 2.36. The molecule has 0 aliphatic rings. The molecule has 0 bridgehead atoms. The summed E-state index contributed by atoms with van der Waals surface area (Å²) in [5.74, 6) is 0.0500. The third-order valence-electron chi connectivity index (χ3n) is 4.11. The Kier molecular flexibility index (Phi) is 5.70. The topological polar surface area (TPSA) is 85.4 Å². The smallest absolute Gasteiger partial charge is 0.347 e. The van der Waals surface area contributed by atoms with Gasteiger partial charge >= 0.3 is 5.97 Å². The number of halogens is 1. The molecular formula is C21H17FN2O4. The zero-order chi connectivity index (χ0) is 20.1. The molecule has 0 unspecified atom stereocenters. The van der Waals surface area contributed by atoms with Gasteiger partial charge in [0.1, 0.15) is 23.9 Å². The van der Waals surface area contributed by atoms with Gasteiger partial charge in [0.25, 0.3) is 0 Å². The van der Waals surface area contributed by atoms with Crippen molar-refractivity contribution in [3.63, 3.8) is 0 Å². The van der Waals surface area contributed by atoms with Gasteiger partial charge < -0.3 is 14.0 Å². The molecule has 0 amide bonds. The average Bonchev–Trinajstić information content (AvgIpc) is 3.07. The van der Waals surface area contributed by atoms with Crippen molar-refractivity contribution in [3.05, 3.63) is 71.2 Å². The van der Waals surface area contributed by atoms with Crippen LogP contribution in [0, 0.1) is 24.1 Å². The van der Waals surface area contributed by atoms with Crippen molar-refractivity contribution in [2.75, 3.05) is 0 Å². The summed E-state index contributed by atoms with van der Waals surface area (Å²) in [6.07, 6.45) is -0.836. The van der Waals surface area contributed by atoms with E-state index in [1.54, 1.807) is 50.2 Å². The van der Waals surface area contributed by atoms with Gasteiger partial charge in [-0.2, -0.15) is 5.26 Å². The molecule has 3 aromatic rings. The number of rotatable bonds is 6. The minimum absolute atomic E-state index is 0.0730. The first-order valence-corrected chi connectivity index (χ1v) is 8.52. The average molecular weight is 380 g/mol. The van der Waals surface area contributed by atoms with Crippen LogP contribution in [0.15, 0.2) is 53.1 Å². The predicted molar refractivity (Wildman–Crippen MR) is 97.7 cm³/mol. The summed E-state index contributed by atoms with van der Waals surface area (Å²) < 4.78 is 29.1. The molecule has 0 N–H and O–H groups in total. The van der Waals surface area contributed by atoms with Gasteiger partial charge in [-0.3, -0.25) is 0 Å². The number of carbonyl (C=O) groups excluding carboxylic acids is 1. The van der Waals surface area contributed by atoms with E-state index in [0.717, 1.165) is 0 Å². The lowest BCUT2D eigenvalue weighted by molar-refractivity contribution is -0.152. The van der Waals surface area contributed by atoms with Crippen molar-refractivity contribution < 1.29 is 23.2 Å². The van der Waals surface area contributed by atoms with Gasteiger partial charge in [-0.1, -0.05) is 5.16 Å². The molecule has 142 valence electrons. The standard InChI is InChI=1S/C21H17FN2O4/c1-13-19(24-28-20(13)16-5-7-17(22)8-6-16)12-26-21(25)14(2)27-18-9-3-15(11-23)4-10-18/h3-10,14H,12H2,1-2H3/t14-/m1/s1.